The molecule has 0 aliphatic heterocycles. The monoisotopic (exact) mass is 339 g/mol. The third kappa shape index (κ3) is 3.25. The van der Waals surface area contributed by atoms with Gasteiger partial charge in [0.15, 0.2) is 0 Å². The van der Waals surface area contributed by atoms with Gasteiger partial charge >= 0.3 is 0 Å². The molecule has 20 heavy (non-hydrogen) atoms. The van der Waals surface area contributed by atoms with E-state index in [1.54, 1.807) is 12.1 Å². The Labute approximate surface area is 126 Å². The van der Waals surface area contributed by atoms with Crippen molar-refractivity contribution in [3.05, 3.63) is 58.1 Å². The number of hydrogen-bond donors (Lipinski definition) is 1. The number of hydrogen-bond acceptors (Lipinski definition) is 1. The van der Waals surface area contributed by atoms with Crippen molar-refractivity contribution in [2.45, 2.75) is 19.9 Å². The molecular weight excluding hydrogens is 324 g/mol. The smallest absolute Gasteiger partial charge is 0.148 e. The van der Waals surface area contributed by atoms with E-state index in [1.807, 2.05) is 12.1 Å². The zero-order chi connectivity index (χ0) is 14.5. The number of nitrogens with one attached hydrogen (secondary N) is 1. The van der Waals surface area contributed by atoms with Crippen LogP contribution in [0.25, 0.3) is 11.1 Å². The van der Waals surface area contributed by atoms with Gasteiger partial charge in [-0.15, -0.1) is 0 Å². The Morgan fingerprint density at radius 2 is 1.85 bits per heavy atom. The van der Waals surface area contributed by atoms with Crippen LogP contribution in [0, 0.1) is 11.6 Å². The van der Waals surface area contributed by atoms with E-state index in [0.29, 0.717) is 12.1 Å². The summed E-state index contributed by atoms with van der Waals surface area (Å²) < 4.78 is 28.5. The SMILES string of the molecule is CCCNCc1ccccc1-c1c(F)ccc(Br)c1F. The maximum absolute atomic E-state index is 14.2. The fourth-order valence-electron chi connectivity index (χ4n) is 2.09. The van der Waals surface area contributed by atoms with Gasteiger partial charge in [-0.25, -0.2) is 8.78 Å². The summed E-state index contributed by atoms with van der Waals surface area (Å²) in [5.74, 6) is -1.11. The fraction of sp³-hybridized carbons (Fsp3) is 0.250. The summed E-state index contributed by atoms with van der Waals surface area (Å²) in [6.07, 6.45) is 1.02. The first kappa shape index (κ1) is 15.1. The lowest BCUT2D eigenvalue weighted by atomic mass is 9.98. The van der Waals surface area contributed by atoms with Crippen molar-refractivity contribution < 1.29 is 8.78 Å². The van der Waals surface area contributed by atoms with E-state index in [4.69, 9.17) is 0 Å². The topological polar surface area (TPSA) is 12.0 Å². The summed E-state index contributed by atoms with van der Waals surface area (Å²) in [5.41, 5.74) is 1.50. The zero-order valence-electron chi connectivity index (χ0n) is 11.2. The van der Waals surface area contributed by atoms with E-state index >= 15 is 0 Å². The largest absolute Gasteiger partial charge is 0.313 e. The highest BCUT2D eigenvalue weighted by atomic mass is 79.9. The zero-order valence-corrected chi connectivity index (χ0v) is 12.8. The normalized spacial score (nSPS) is 10.8. The molecule has 0 heterocycles. The summed E-state index contributed by atoms with van der Waals surface area (Å²) in [6, 6.07) is 9.96. The second-order valence-electron chi connectivity index (χ2n) is 4.55. The molecule has 0 saturated carbocycles. The van der Waals surface area contributed by atoms with Crippen LogP contribution in [-0.4, -0.2) is 6.54 Å². The van der Waals surface area contributed by atoms with Gasteiger partial charge in [0.05, 0.1) is 10.0 Å². The average molecular weight is 340 g/mol. The molecule has 0 unspecified atom stereocenters. The van der Waals surface area contributed by atoms with Gasteiger partial charge in [0.1, 0.15) is 11.6 Å². The fourth-order valence-corrected chi connectivity index (χ4v) is 2.42. The van der Waals surface area contributed by atoms with Crippen molar-refractivity contribution in [1.82, 2.24) is 5.32 Å². The van der Waals surface area contributed by atoms with E-state index in [0.717, 1.165) is 18.5 Å². The Morgan fingerprint density at radius 1 is 1.10 bits per heavy atom. The van der Waals surface area contributed by atoms with Crippen LogP contribution in [-0.2, 0) is 6.54 Å². The Balaban J connectivity index is 2.45. The molecule has 0 amide bonds. The lowest BCUT2D eigenvalue weighted by Crippen LogP contribution is -2.14. The highest BCUT2D eigenvalue weighted by molar-refractivity contribution is 9.10. The van der Waals surface area contributed by atoms with Crippen molar-refractivity contribution in [2.24, 2.45) is 0 Å². The van der Waals surface area contributed by atoms with Crippen LogP contribution in [0.5, 0.6) is 0 Å². The second-order valence-corrected chi connectivity index (χ2v) is 5.41. The molecule has 0 bridgehead atoms. The van der Waals surface area contributed by atoms with E-state index < -0.39 is 11.6 Å². The van der Waals surface area contributed by atoms with Crippen molar-refractivity contribution in [2.75, 3.05) is 6.54 Å². The van der Waals surface area contributed by atoms with E-state index in [2.05, 4.69) is 28.2 Å². The number of benzene rings is 2. The van der Waals surface area contributed by atoms with Crippen LogP contribution < -0.4 is 5.32 Å². The van der Waals surface area contributed by atoms with Gasteiger partial charge < -0.3 is 5.32 Å². The van der Waals surface area contributed by atoms with Gasteiger partial charge in [-0.05, 0) is 52.2 Å². The van der Waals surface area contributed by atoms with Crippen LogP contribution in [0.4, 0.5) is 8.78 Å². The molecule has 4 heteroatoms. The van der Waals surface area contributed by atoms with Crippen molar-refractivity contribution >= 4 is 15.9 Å². The van der Waals surface area contributed by atoms with E-state index in [9.17, 15) is 8.78 Å². The molecule has 0 fully saturated rings. The standard InChI is InChI=1S/C16H16BrF2N/c1-2-9-20-10-11-5-3-4-6-12(11)15-14(18)8-7-13(17)16(15)19/h3-8,20H,2,9-10H2,1H3. The lowest BCUT2D eigenvalue weighted by molar-refractivity contribution is 0.584. The van der Waals surface area contributed by atoms with Gasteiger partial charge in [-0.3, -0.25) is 0 Å². The van der Waals surface area contributed by atoms with Crippen LogP contribution in [0.1, 0.15) is 18.9 Å². The summed E-state index contributed by atoms with van der Waals surface area (Å²) in [5, 5.41) is 3.26. The average Bonchev–Trinajstić information content (AvgIpc) is 2.45. The van der Waals surface area contributed by atoms with Gasteiger partial charge in [-0.2, -0.15) is 0 Å². The maximum atomic E-state index is 14.2. The third-order valence-electron chi connectivity index (χ3n) is 3.07. The molecule has 2 aromatic rings. The molecule has 2 rings (SSSR count). The third-order valence-corrected chi connectivity index (χ3v) is 3.69. The number of rotatable bonds is 5. The lowest BCUT2D eigenvalue weighted by Gasteiger charge is -2.13. The molecule has 1 nitrogen and oxygen atoms in total. The minimum atomic E-state index is -0.562. The molecule has 0 aromatic heterocycles. The van der Waals surface area contributed by atoms with Gasteiger partial charge in [-0.1, -0.05) is 31.2 Å². The van der Waals surface area contributed by atoms with Crippen LogP contribution >= 0.6 is 15.9 Å². The molecular formula is C16H16BrF2N. The summed E-state index contributed by atoms with van der Waals surface area (Å²) in [7, 11) is 0. The van der Waals surface area contributed by atoms with Gasteiger partial charge in [0, 0.05) is 6.54 Å². The number of halogens is 3. The Bertz CT molecular complexity index is 599. The molecule has 1 N–H and O–H groups in total. The van der Waals surface area contributed by atoms with Crippen LogP contribution in [0.15, 0.2) is 40.9 Å². The maximum Gasteiger partial charge on any atom is 0.148 e. The molecule has 0 saturated heterocycles. The Kier molecular flexibility index (Phi) is 5.26. The van der Waals surface area contributed by atoms with E-state index in [-0.39, 0.29) is 10.0 Å². The van der Waals surface area contributed by atoms with Crippen molar-refractivity contribution in [3.8, 4) is 11.1 Å². The second kappa shape index (κ2) is 6.95. The molecule has 0 aliphatic rings. The molecule has 0 radical (unpaired) electrons. The molecule has 0 atom stereocenters. The highest BCUT2D eigenvalue weighted by Crippen LogP contribution is 2.32. The first-order valence-electron chi connectivity index (χ1n) is 6.57. The van der Waals surface area contributed by atoms with Crippen molar-refractivity contribution in [3.63, 3.8) is 0 Å². The van der Waals surface area contributed by atoms with Gasteiger partial charge in [0.2, 0.25) is 0 Å². The predicted octanol–water partition coefficient (Wildman–Crippen LogP) is 4.89. The van der Waals surface area contributed by atoms with Crippen LogP contribution in [0.2, 0.25) is 0 Å². The minimum absolute atomic E-state index is 0.0215. The summed E-state index contributed by atoms with van der Waals surface area (Å²) in [6.45, 7) is 3.54. The minimum Gasteiger partial charge on any atom is -0.313 e. The molecule has 2 aromatic carbocycles. The van der Waals surface area contributed by atoms with Crippen molar-refractivity contribution in [1.29, 1.82) is 0 Å². The molecule has 0 aliphatic carbocycles. The predicted molar refractivity (Wildman–Crippen MR) is 81.5 cm³/mol. The quantitative estimate of drug-likeness (QED) is 0.603. The molecule has 106 valence electrons. The summed E-state index contributed by atoms with van der Waals surface area (Å²) in [4.78, 5) is 0. The first-order valence-corrected chi connectivity index (χ1v) is 7.37. The Hall–Kier alpha value is -1.26. The van der Waals surface area contributed by atoms with Gasteiger partial charge in [0.25, 0.3) is 0 Å². The molecule has 0 spiro atoms. The summed E-state index contributed by atoms with van der Waals surface area (Å²) >= 11 is 3.11. The highest BCUT2D eigenvalue weighted by Gasteiger charge is 2.16. The van der Waals surface area contributed by atoms with Crippen LogP contribution in [0.3, 0.4) is 0 Å². The van der Waals surface area contributed by atoms with E-state index in [1.165, 1.54) is 12.1 Å². The Morgan fingerprint density at radius 3 is 2.60 bits per heavy atom. The first-order chi connectivity index (χ1) is 9.65.